The lowest BCUT2D eigenvalue weighted by Crippen LogP contribution is -2.19. The van der Waals surface area contributed by atoms with Crippen LogP contribution in [0.1, 0.15) is 53.6 Å². The quantitative estimate of drug-likeness (QED) is 0.707. The van der Waals surface area contributed by atoms with Crippen LogP contribution in [0.3, 0.4) is 0 Å². The van der Waals surface area contributed by atoms with E-state index < -0.39 is 11.7 Å². The molecule has 4 heteroatoms. The van der Waals surface area contributed by atoms with E-state index in [-0.39, 0.29) is 11.7 Å². The molecule has 1 aliphatic carbocycles. The number of hydrogen-bond acceptors (Lipinski definition) is 1. The monoisotopic (exact) mass is 270 g/mol. The van der Waals surface area contributed by atoms with E-state index in [1.54, 1.807) is 6.92 Å². The second-order valence-electron chi connectivity index (χ2n) is 5.23. The van der Waals surface area contributed by atoms with Gasteiger partial charge in [0.05, 0.1) is 5.56 Å². The highest BCUT2D eigenvalue weighted by Gasteiger charge is 2.31. The maximum absolute atomic E-state index is 12.6. The van der Waals surface area contributed by atoms with Crippen LogP contribution in [0, 0.1) is 12.8 Å². The second-order valence-corrected chi connectivity index (χ2v) is 5.23. The average Bonchev–Trinajstić information content (AvgIpc) is 2.38. The molecule has 1 aromatic rings. The van der Waals surface area contributed by atoms with Crippen molar-refractivity contribution in [2.24, 2.45) is 5.92 Å². The van der Waals surface area contributed by atoms with Crippen LogP contribution >= 0.6 is 0 Å². The fraction of sp³-hybridized carbons (Fsp3) is 0.533. The molecule has 2 rings (SSSR count). The summed E-state index contributed by atoms with van der Waals surface area (Å²) in [6, 6.07) is 3.40. The number of benzene rings is 1. The molecule has 0 bridgehead atoms. The third kappa shape index (κ3) is 3.17. The molecule has 0 spiro atoms. The number of Topliss-reactive ketones (excluding diaryl/α,β-unsaturated/α-hetero) is 1. The Balaban J connectivity index is 2.23. The van der Waals surface area contributed by atoms with Crippen molar-refractivity contribution in [3.63, 3.8) is 0 Å². The molecule has 0 atom stereocenters. The van der Waals surface area contributed by atoms with Crippen LogP contribution in [0.4, 0.5) is 13.2 Å². The predicted octanol–water partition coefficient (Wildman–Crippen LogP) is 4.78. The van der Waals surface area contributed by atoms with E-state index in [4.69, 9.17) is 0 Å². The Morgan fingerprint density at radius 2 is 1.79 bits per heavy atom. The van der Waals surface area contributed by atoms with Gasteiger partial charge < -0.3 is 0 Å². The molecule has 1 aromatic carbocycles. The first-order valence-electron chi connectivity index (χ1n) is 6.61. The van der Waals surface area contributed by atoms with Crippen LogP contribution in [-0.4, -0.2) is 5.78 Å². The van der Waals surface area contributed by atoms with E-state index in [0.29, 0.717) is 11.1 Å². The Kier molecular flexibility index (Phi) is 3.97. The van der Waals surface area contributed by atoms with Gasteiger partial charge in [-0.1, -0.05) is 25.3 Å². The van der Waals surface area contributed by atoms with Crippen molar-refractivity contribution in [1.29, 1.82) is 0 Å². The van der Waals surface area contributed by atoms with Crippen LogP contribution in [-0.2, 0) is 6.18 Å². The lowest BCUT2D eigenvalue weighted by atomic mass is 9.82. The van der Waals surface area contributed by atoms with Gasteiger partial charge >= 0.3 is 6.18 Å². The number of hydrogen-bond donors (Lipinski definition) is 0. The summed E-state index contributed by atoms with van der Waals surface area (Å²) in [7, 11) is 0. The van der Waals surface area contributed by atoms with E-state index in [1.807, 2.05) is 0 Å². The third-order valence-corrected chi connectivity index (χ3v) is 3.80. The van der Waals surface area contributed by atoms with Gasteiger partial charge in [0.15, 0.2) is 5.78 Å². The Hall–Kier alpha value is -1.32. The summed E-state index contributed by atoms with van der Waals surface area (Å²) < 4.78 is 37.7. The molecule has 1 aliphatic rings. The SMILES string of the molecule is Cc1cc(C(F)(F)F)ccc1C(=O)C1CCCCC1. The first kappa shape index (κ1) is 14.1. The summed E-state index contributed by atoms with van der Waals surface area (Å²) in [5.41, 5.74) is 0.176. The van der Waals surface area contributed by atoms with Crippen LogP contribution in [0.25, 0.3) is 0 Å². The highest BCUT2D eigenvalue weighted by atomic mass is 19.4. The Labute approximate surface area is 110 Å². The topological polar surface area (TPSA) is 17.1 Å². The summed E-state index contributed by atoms with van der Waals surface area (Å²) >= 11 is 0. The van der Waals surface area contributed by atoms with Gasteiger partial charge in [-0.15, -0.1) is 0 Å². The molecule has 1 nitrogen and oxygen atoms in total. The molecule has 0 aromatic heterocycles. The van der Waals surface area contributed by atoms with Crippen LogP contribution < -0.4 is 0 Å². The van der Waals surface area contributed by atoms with Gasteiger partial charge in [0.2, 0.25) is 0 Å². The van der Waals surface area contributed by atoms with Crippen LogP contribution in [0.5, 0.6) is 0 Å². The van der Waals surface area contributed by atoms with E-state index in [1.165, 1.54) is 6.07 Å². The fourth-order valence-corrected chi connectivity index (χ4v) is 2.70. The lowest BCUT2D eigenvalue weighted by Gasteiger charge is -2.21. The Morgan fingerprint density at radius 3 is 2.32 bits per heavy atom. The molecule has 0 aliphatic heterocycles. The van der Waals surface area contributed by atoms with Gasteiger partial charge in [0.25, 0.3) is 0 Å². The summed E-state index contributed by atoms with van der Waals surface area (Å²) in [5.74, 6) is -0.00453. The zero-order chi connectivity index (χ0) is 14.0. The van der Waals surface area contributed by atoms with Crippen molar-refractivity contribution in [1.82, 2.24) is 0 Å². The number of carbonyl (C=O) groups is 1. The highest BCUT2D eigenvalue weighted by molar-refractivity contribution is 5.99. The third-order valence-electron chi connectivity index (χ3n) is 3.80. The van der Waals surface area contributed by atoms with Crippen LogP contribution in [0.2, 0.25) is 0 Å². The summed E-state index contributed by atoms with van der Waals surface area (Å²) in [6.07, 6.45) is 0.595. The lowest BCUT2D eigenvalue weighted by molar-refractivity contribution is -0.137. The normalized spacial score (nSPS) is 17.5. The number of ketones is 1. The van der Waals surface area contributed by atoms with Crippen molar-refractivity contribution in [3.05, 3.63) is 34.9 Å². The molecule has 0 heterocycles. The minimum Gasteiger partial charge on any atom is -0.294 e. The molecular weight excluding hydrogens is 253 g/mol. The van der Waals surface area contributed by atoms with Gasteiger partial charge in [0.1, 0.15) is 0 Å². The molecule has 19 heavy (non-hydrogen) atoms. The van der Waals surface area contributed by atoms with Gasteiger partial charge in [-0.25, -0.2) is 0 Å². The van der Waals surface area contributed by atoms with E-state index in [0.717, 1.165) is 44.2 Å². The standard InChI is InChI=1S/C15H17F3O/c1-10-9-12(15(16,17)18)7-8-13(10)14(19)11-5-3-2-4-6-11/h7-9,11H,2-6H2,1H3. The molecule has 0 amide bonds. The Morgan fingerprint density at radius 1 is 1.16 bits per heavy atom. The van der Waals surface area contributed by atoms with Gasteiger partial charge in [-0.2, -0.15) is 13.2 Å². The zero-order valence-electron chi connectivity index (χ0n) is 10.9. The van der Waals surface area contributed by atoms with Crippen molar-refractivity contribution in [2.45, 2.75) is 45.2 Å². The number of alkyl halides is 3. The molecule has 0 radical (unpaired) electrons. The summed E-state index contributed by atoms with van der Waals surface area (Å²) in [6.45, 7) is 1.57. The van der Waals surface area contributed by atoms with E-state index in [2.05, 4.69) is 0 Å². The first-order chi connectivity index (χ1) is 8.89. The minimum atomic E-state index is -4.35. The second kappa shape index (κ2) is 5.35. The van der Waals surface area contributed by atoms with Crippen molar-refractivity contribution < 1.29 is 18.0 Å². The molecule has 1 fully saturated rings. The number of aryl methyl sites for hydroxylation is 1. The maximum Gasteiger partial charge on any atom is 0.416 e. The molecule has 1 saturated carbocycles. The highest BCUT2D eigenvalue weighted by Crippen LogP contribution is 2.32. The number of rotatable bonds is 2. The Bertz CT molecular complexity index is 471. The average molecular weight is 270 g/mol. The smallest absolute Gasteiger partial charge is 0.294 e. The molecule has 0 unspecified atom stereocenters. The summed E-state index contributed by atoms with van der Waals surface area (Å²) in [4.78, 5) is 12.3. The number of halogens is 3. The summed E-state index contributed by atoms with van der Waals surface area (Å²) in [5, 5.41) is 0. The van der Waals surface area contributed by atoms with Gasteiger partial charge in [0, 0.05) is 11.5 Å². The predicted molar refractivity (Wildman–Crippen MR) is 67.1 cm³/mol. The molecular formula is C15H17F3O. The maximum atomic E-state index is 12.6. The molecule has 104 valence electrons. The van der Waals surface area contributed by atoms with Crippen molar-refractivity contribution in [3.8, 4) is 0 Å². The molecule has 0 saturated heterocycles. The van der Waals surface area contributed by atoms with Crippen molar-refractivity contribution in [2.75, 3.05) is 0 Å². The van der Waals surface area contributed by atoms with Crippen LogP contribution in [0.15, 0.2) is 18.2 Å². The number of carbonyl (C=O) groups excluding carboxylic acids is 1. The largest absolute Gasteiger partial charge is 0.416 e. The minimum absolute atomic E-state index is 0.00549. The zero-order valence-corrected chi connectivity index (χ0v) is 10.9. The van der Waals surface area contributed by atoms with E-state index >= 15 is 0 Å². The van der Waals surface area contributed by atoms with Gasteiger partial charge in [-0.3, -0.25) is 4.79 Å². The van der Waals surface area contributed by atoms with Crippen molar-refractivity contribution >= 4 is 5.78 Å². The fourth-order valence-electron chi connectivity index (χ4n) is 2.70. The first-order valence-corrected chi connectivity index (χ1v) is 6.61. The van der Waals surface area contributed by atoms with E-state index in [9.17, 15) is 18.0 Å². The van der Waals surface area contributed by atoms with Gasteiger partial charge in [-0.05, 0) is 37.5 Å². The molecule has 0 N–H and O–H groups in total.